The van der Waals surface area contributed by atoms with Gasteiger partial charge in [0.05, 0.1) is 23.7 Å². The van der Waals surface area contributed by atoms with Crippen molar-refractivity contribution in [3.05, 3.63) is 59.9 Å². The number of amides is 1. The summed E-state index contributed by atoms with van der Waals surface area (Å²) in [6, 6.07) is 12.4. The van der Waals surface area contributed by atoms with Crippen molar-refractivity contribution in [1.29, 1.82) is 0 Å². The van der Waals surface area contributed by atoms with Gasteiger partial charge < -0.3 is 4.90 Å². The van der Waals surface area contributed by atoms with E-state index in [0.717, 1.165) is 24.8 Å². The highest BCUT2D eigenvalue weighted by Crippen LogP contribution is 2.32. The van der Waals surface area contributed by atoms with Crippen LogP contribution in [0.15, 0.2) is 48.7 Å². The smallest absolute Gasteiger partial charge is 0.254 e. The Balaban J connectivity index is 1.81. The second-order valence-corrected chi connectivity index (χ2v) is 8.20. The van der Waals surface area contributed by atoms with Crippen molar-refractivity contribution in [2.75, 3.05) is 24.2 Å². The van der Waals surface area contributed by atoms with Crippen molar-refractivity contribution < 1.29 is 13.2 Å². The first-order valence-electron chi connectivity index (χ1n) is 8.14. The maximum Gasteiger partial charge on any atom is 0.254 e. The topological polar surface area (TPSA) is 70.6 Å². The summed E-state index contributed by atoms with van der Waals surface area (Å²) in [5, 5.41) is 0. The molecule has 0 N–H and O–H groups in total. The zero-order valence-electron chi connectivity index (χ0n) is 14.3. The van der Waals surface area contributed by atoms with Crippen LogP contribution in [-0.2, 0) is 10.0 Å². The van der Waals surface area contributed by atoms with E-state index in [1.165, 1.54) is 11.4 Å². The molecule has 7 heteroatoms. The first kappa shape index (κ1) is 17.4. The highest BCUT2D eigenvalue weighted by Gasteiger charge is 2.31. The molecule has 132 valence electrons. The van der Waals surface area contributed by atoms with E-state index in [1.807, 2.05) is 23.1 Å². The van der Waals surface area contributed by atoms with Crippen molar-refractivity contribution in [2.45, 2.75) is 18.9 Å². The molecule has 1 aromatic carbocycles. The van der Waals surface area contributed by atoms with Crippen LogP contribution in [0.1, 0.15) is 34.9 Å². The minimum Gasteiger partial charge on any atom is -0.330 e. The normalized spacial score (nSPS) is 17.5. The molecule has 1 aromatic heterocycles. The summed E-state index contributed by atoms with van der Waals surface area (Å²) in [4.78, 5) is 19.1. The van der Waals surface area contributed by atoms with Crippen LogP contribution in [0.5, 0.6) is 0 Å². The monoisotopic (exact) mass is 359 g/mol. The summed E-state index contributed by atoms with van der Waals surface area (Å²) in [7, 11) is -1.83. The number of sulfonamides is 1. The molecule has 1 aliphatic heterocycles. The highest BCUT2D eigenvalue weighted by atomic mass is 32.2. The van der Waals surface area contributed by atoms with Gasteiger partial charge in [-0.3, -0.25) is 14.1 Å². The zero-order valence-corrected chi connectivity index (χ0v) is 15.1. The Bertz CT molecular complexity index is 851. The largest absolute Gasteiger partial charge is 0.330 e. The number of likely N-dealkylation sites (tertiary alicyclic amines) is 1. The fourth-order valence-corrected chi connectivity index (χ4v) is 3.57. The molecule has 0 radical (unpaired) electrons. The van der Waals surface area contributed by atoms with Crippen LogP contribution in [0.25, 0.3) is 0 Å². The molecule has 0 aliphatic carbocycles. The van der Waals surface area contributed by atoms with Gasteiger partial charge in [0, 0.05) is 25.4 Å². The van der Waals surface area contributed by atoms with E-state index in [9.17, 15) is 13.2 Å². The average Bonchev–Trinajstić information content (AvgIpc) is 3.10. The van der Waals surface area contributed by atoms with Gasteiger partial charge >= 0.3 is 0 Å². The van der Waals surface area contributed by atoms with Crippen LogP contribution in [0.3, 0.4) is 0 Å². The number of aromatic nitrogens is 1. The lowest BCUT2D eigenvalue weighted by molar-refractivity contribution is 0.0733. The number of hydrogen-bond donors (Lipinski definition) is 0. The van der Waals surface area contributed by atoms with Crippen molar-refractivity contribution in [3.63, 3.8) is 0 Å². The minimum absolute atomic E-state index is 0.00734. The Morgan fingerprint density at radius 2 is 1.92 bits per heavy atom. The predicted octanol–water partition coefficient (Wildman–Crippen LogP) is 2.45. The maximum atomic E-state index is 12.9. The number of benzene rings is 1. The number of rotatable bonds is 4. The van der Waals surface area contributed by atoms with Gasteiger partial charge in [0.1, 0.15) is 0 Å². The van der Waals surface area contributed by atoms with Crippen molar-refractivity contribution in [3.8, 4) is 0 Å². The van der Waals surface area contributed by atoms with E-state index >= 15 is 0 Å². The molecule has 1 saturated heterocycles. The molecule has 0 bridgehead atoms. The van der Waals surface area contributed by atoms with Gasteiger partial charge in [0.15, 0.2) is 0 Å². The number of pyridine rings is 1. The fourth-order valence-electron chi connectivity index (χ4n) is 3.06. The van der Waals surface area contributed by atoms with Crippen LogP contribution in [0, 0.1) is 0 Å². The van der Waals surface area contributed by atoms with Gasteiger partial charge in [-0.2, -0.15) is 0 Å². The van der Waals surface area contributed by atoms with Crippen LogP contribution in [0.2, 0.25) is 0 Å². The van der Waals surface area contributed by atoms with Crippen molar-refractivity contribution in [2.24, 2.45) is 0 Å². The molecule has 1 fully saturated rings. The molecule has 0 saturated carbocycles. The molecule has 3 rings (SSSR count). The quantitative estimate of drug-likeness (QED) is 0.841. The second-order valence-electron chi connectivity index (χ2n) is 6.19. The molecule has 1 aliphatic rings. The summed E-state index contributed by atoms with van der Waals surface area (Å²) in [5.41, 5.74) is 1.98. The summed E-state index contributed by atoms with van der Waals surface area (Å²) in [6.07, 6.45) is 4.74. The van der Waals surface area contributed by atoms with Crippen molar-refractivity contribution in [1.82, 2.24) is 9.88 Å². The molecule has 1 amide bonds. The van der Waals surface area contributed by atoms with Gasteiger partial charge in [-0.25, -0.2) is 8.42 Å². The molecule has 25 heavy (non-hydrogen) atoms. The highest BCUT2D eigenvalue weighted by molar-refractivity contribution is 7.92. The Morgan fingerprint density at radius 1 is 1.20 bits per heavy atom. The average molecular weight is 359 g/mol. The molecule has 0 unspecified atom stereocenters. The van der Waals surface area contributed by atoms with E-state index in [0.29, 0.717) is 17.8 Å². The van der Waals surface area contributed by atoms with E-state index in [-0.39, 0.29) is 11.9 Å². The second kappa shape index (κ2) is 6.84. The third-order valence-electron chi connectivity index (χ3n) is 4.52. The van der Waals surface area contributed by atoms with E-state index in [2.05, 4.69) is 4.98 Å². The molecular formula is C18H21N3O3S. The van der Waals surface area contributed by atoms with Gasteiger partial charge in [-0.15, -0.1) is 0 Å². The fraction of sp³-hybridized carbons (Fsp3) is 0.333. The zero-order chi connectivity index (χ0) is 18.0. The molecule has 1 atom stereocenters. The third kappa shape index (κ3) is 3.66. The SMILES string of the molecule is CN(c1ccc(C(=O)N2CCC[C@H]2c2ccccn2)cc1)S(C)(=O)=O. The molecule has 0 spiro atoms. The van der Waals surface area contributed by atoms with E-state index in [4.69, 9.17) is 0 Å². The summed E-state index contributed by atoms with van der Waals surface area (Å²) in [6.45, 7) is 0.699. The lowest BCUT2D eigenvalue weighted by atomic mass is 10.1. The van der Waals surface area contributed by atoms with Crippen LogP contribution in [-0.4, -0.2) is 44.1 Å². The molecule has 6 nitrogen and oxygen atoms in total. The lowest BCUT2D eigenvalue weighted by Gasteiger charge is -2.24. The standard InChI is InChI=1S/C18H21N3O3S/c1-20(25(2,23)24)15-10-8-14(9-11-15)18(22)21-13-5-7-17(21)16-6-3-4-12-19-16/h3-4,6,8-12,17H,5,7,13H2,1-2H3/t17-/m0/s1. The first-order chi connectivity index (χ1) is 11.9. The summed E-state index contributed by atoms with van der Waals surface area (Å²) >= 11 is 0. The lowest BCUT2D eigenvalue weighted by Crippen LogP contribution is -2.31. The Hall–Kier alpha value is -2.41. The number of anilines is 1. The van der Waals surface area contributed by atoms with Gasteiger partial charge in [-0.05, 0) is 49.2 Å². The first-order valence-corrected chi connectivity index (χ1v) is 9.98. The predicted molar refractivity (Wildman–Crippen MR) is 96.9 cm³/mol. The van der Waals surface area contributed by atoms with Crippen LogP contribution < -0.4 is 4.31 Å². The van der Waals surface area contributed by atoms with Gasteiger partial charge in [0.2, 0.25) is 10.0 Å². The maximum absolute atomic E-state index is 12.9. The number of carbonyl (C=O) groups is 1. The number of nitrogens with zero attached hydrogens (tertiary/aromatic N) is 3. The number of carbonyl (C=O) groups excluding carboxylic acids is 1. The molecule has 2 heterocycles. The van der Waals surface area contributed by atoms with Crippen LogP contribution >= 0.6 is 0 Å². The molecular weight excluding hydrogens is 338 g/mol. The van der Waals surface area contributed by atoms with Crippen LogP contribution in [0.4, 0.5) is 5.69 Å². The third-order valence-corrected chi connectivity index (χ3v) is 5.72. The number of hydrogen-bond acceptors (Lipinski definition) is 4. The Labute approximate surface area is 148 Å². The van der Waals surface area contributed by atoms with E-state index < -0.39 is 10.0 Å². The molecule has 2 aromatic rings. The van der Waals surface area contributed by atoms with E-state index in [1.54, 1.807) is 30.5 Å². The Kier molecular flexibility index (Phi) is 4.76. The van der Waals surface area contributed by atoms with Gasteiger partial charge in [-0.1, -0.05) is 6.07 Å². The van der Waals surface area contributed by atoms with Crippen molar-refractivity contribution >= 4 is 21.6 Å². The summed E-state index contributed by atoms with van der Waals surface area (Å²) < 4.78 is 24.4. The minimum atomic E-state index is -3.32. The Morgan fingerprint density at radius 3 is 2.52 bits per heavy atom. The van der Waals surface area contributed by atoms with Gasteiger partial charge in [0.25, 0.3) is 5.91 Å². The summed E-state index contributed by atoms with van der Waals surface area (Å²) in [5.74, 6) is -0.0540.